The summed E-state index contributed by atoms with van der Waals surface area (Å²) in [7, 11) is 0. The van der Waals surface area contributed by atoms with E-state index in [0.717, 1.165) is 27.0 Å². The number of aromatic nitrogens is 4. The van der Waals surface area contributed by atoms with Crippen molar-refractivity contribution in [2.24, 2.45) is 0 Å². The van der Waals surface area contributed by atoms with Crippen molar-refractivity contribution in [1.82, 2.24) is 20.0 Å². The number of carbonyl (C=O) groups is 3. The first-order valence-electron chi connectivity index (χ1n) is 12.1. The molecule has 2 aromatic carbocycles. The number of carboxylic acid groups (broad SMARTS) is 1. The molecule has 1 amide bonds. The highest BCUT2D eigenvalue weighted by Crippen LogP contribution is 2.37. The number of nitrogens with zero attached hydrogens (tertiary/aromatic N) is 6. The van der Waals surface area contributed by atoms with Crippen molar-refractivity contribution in [2.45, 2.75) is 52.7 Å². The monoisotopic (exact) mass is 582 g/mol. The third-order valence-corrected chi connectivity index (χ3v) is 6.14. The van der Waals surface area contributed by atoms with Gasteiger partial charge in [0.1, 0.15) is 16.2 Å². The Morgan fingerprint density at radius 2 is 1.68 bits per heavy atom. The Balaban J connectivity index is 1.78. The normalized spacial score (nSPS) is 11.8. The van der Waals surface area contributed by atoms with Crippen molar-refractivity contribution >= 4 is 56.9 Å². The number of benzene rings is 2. The number of ether oxygens (including phenoxy) is 2. The fraction of sp³-hybridized carbons (Fsp3) is 0.308. The van der Waals surface area contributed by atoms with Crippen molar-refractivity contribution < 1.29 is 33.9 Å². The standard InChI is InChI=1S/C26H26N6O8S/c1-25(2,3)39-23(35)30(17-7-8-19-16(12-17)13-27-31(19)24(36)40-26(4,5)6)22-29-28-20(41-22)14-9-15(21(33)34)11-18(10-14)32(37)38/h7-13H,1-6H3,(H,33,34). The summed E-state index contributed by atoms with van der Waals surface area (Å²) in [5.74, 6) is -1.35. The lowest BCUT2D eigenvalue weighted by Gasteiger charge is -2.25. The predicted octanol–water partition coefficient (Wildman–Crippen LogP) is 6.02. The van der Waals surface area contributed by atoms with Gasteiger partial charge in [0.05, 0.1) is 27.9 Å². The molecule has 0 radical (unpaired) electrons. The highest BCUT2D eigenvalue weighted by Gasteiger charge is 2.29. The molecule has 1 N–H and O–H groups in total. The molecule has 0 saturated carbocycles. The second-order valence-electron chi connectivity index (χ2n) is 10.8. The van der Waals surface area contributed by atoms with E-state index in [2.05, 4.69) is 15.3 Å². The third kappa shape index (κ3) is 6.63. The number of fused-ring (bicyclic) bond motifs is 1. The van der Waals surface area contributed by atoms with Crippen LogP contribution in [0.3, 0.4) is 0 Å². The Bertz CT molecular complexity index is 1650. The molecule has 0 aliphatic heterocycles. The predicted molar refractivity (Wildman–Crippen MR) is 149 cm³/mol. The molecule has 2 heterocycles. The zero-order valence-corrected chi connectivity index (χ0v) is 23.8. The maximum Gasteiger partial charge on any atom is 0.435 e. The number of nitro groups is 1. The number of aromatic carboxylic acids is 1. The molecule has 15 heteroatoms. The van der Waals surface area contributed by atoms with Crippen LogP contribution < -0.4 is 4.90 Å². The molecule has 214 valence electrons. The number of non-ortho nitro benzene ring substituents is 1. The lowest BCUT2D eigenvalue weighted by molar-refractivity contribution is -0.384. The fourth-order valence-corrected chi connectivity index (χ4v) is 4.44. The summed E-state index contributed by atoms with van der Waals surface area (Å²) in [4.78, 5) is 49.3. The first-order valence-corrected chi connectivity index (χ1v) is 12.9. The van der Waals surface area contributed by atoms with Crippen molar-refractivity contribution in [3.8, 4) is 10.6 Å². The Labute approximate surface area is 237 Å². The highest BCUT2D eigenvalue weighted by atomic mass is 32.1. The quantitative estimate of drug-likeness (QED) is 0.215. The topological polar surface area (TPSA) is 180 Å². The number of nitro benzene ring substituents is 1. The van der Waals surface area contributed by atoms with E-state index in [9.17, 15) is 29.6 Å². The van der Waals surface area contributed by atoms with E-state index < -0.39 is 40.0 Å². The smallest absolute Gasteiger partial charge is 0.435 e. The fourth-order valence-electron chi connectivity index (χ4n) is 3.60. The number of hydrogen-bond acceptors (Lipinski definition) is 11. The molecule has 0 bridgehead atoms. The molecule has 0 saturated heterocycles. The van der Waals surface area contributed by atoms with Crippen LogP contribution in [0.1, 0.15) is 51.9 Å². The van der Waals surface area contributed by atoms with Crippen molar-refractivity contribution in [3.05, 3.63) is 58.3 Å². The Kier molecular flexibility index (Phi) is 7.50. The molecule has 14 nitrogen and oxygen atoms in total. The number of hydrogen-bond donors (Lipinski definition) is 1. The van der Waals surface area contributed by atoms with Crippen molar-refractivity contribution in [3.63, 3.8) is 0 Å². The van der Waals surface area contributed by atoms with Gasteiger partial charge in [0, 0.05) is 23.1 Å². The number of carbonyl (C=O) groups excluding carboxylic acids is 2. The average molecular weight is 583 g/mol. The molecular weight excluding hydrogens is 556 g/mol. The molecule has 0 unspecified atom stereocenters. The first kappa shape index (κ1) is 29.1. The van der Waals surface area contributed by atoms with Gasteiger partial charge in [-0.05, 0) is 65.8 Å². The minimum absolute atomic E-state index is 0.0523. The largest absolute Gasteiger partial charge is 0.478 e. The van der Waals surface area contributed by atoms with Gasteiger partial charge < -0.3 is 14.6 Å². The van der Waals surface area contributed by atoms with Crippen LogP contribution >= 0.6 is 11.3 Å². The SMILES string of the molecule is CC(C)(C)OC(=O)N(c1ccc2c(cnn2C(=O)OC(C)(C)C)c1)c1nnc(-c2cc(C(=O)O)cc([N+](=O)[O-])c2)s1. The molecular formula is C26H26N6O8S. The van der Waals surface area contributed by atoms with Gasteiger partial charge in [-0.1, -0.05) is 11.3 Å². The Morgan fingerprint density at radius 1 is 1.00 bits per heavy atom. The molecule has 2 aromatic heterocycles. The van der Waals surface area contributed by atoms with Crippen LogP contribution in [0.15, 0.2) is 42.6 Å². The minimum Gasteiger partial charge on any atom is -0.478 e. The molecule has 0 atom stereocenters. The maximum absolute atomic E-state index is 13.4. The molecule has 0 fully saturated rings. The third-order valence-electron chi connectivity index (χ3n) is 5.18. The second kappa shape index (κ2) is 10.6. The van der Waals surface area contributed by atoms with E-state index in [4.69, 9.17) is 9.47 Å². The van der Waals surface area contributed by atoms with Gasteiger partial charge in [0.15, 0.2) is 0 Å². The second-order valence-corrected chi connectivity index (χ2v) is 11.8. The zero-order valence-electron chi connectivity index (χ0n) is 22.9. The molecule has 41 heavy (non-hydrogen) atoms. The van der Waals surface area contributed by atoms with Gasteiger partial charge >= 0.3 is 18.2 Å². The van der Waals surface area contributed by atoms with Gasteiger partial charge in [-0.3, -0.25) is 10.1 Å². The maximum atomic E-state index is 13.4. The van der Waals surface area contributed by atoms with Gasteiger partial charge in [-0.15, -0.1) is 10.2 Å². The minimum atomic E-state index is -1.35. The van der Waals surface area contributed by atoms with E-state index in [1.165, 1.54) is 18.3 Å². The summed E-state index contributed by atoms with van der Waals surface area (Å²) in [6.07, 6.45) is -0.0157. The van der Waals surface area contributed by atoms with Crippen LogP contribution in [0.25, 0.3) is 21.5 Å². The number of amides is 1. The molecule has 4 rings (SSSR count). The Hall–Kier alpha value is -4.92. The molecule has 0 spiro atoms. The van der Waals surface area contributed by atoms with E-state index in [1.54, 1.807) is 59.7 Å². The molecule has 0 aliphatic rings. The van der Waals surface area contributed by atoms with E-state index in [-0.39, 0.29) is 21.3 Å². The van der Waals surface area contributed by atoms with E-state index in [1.807, 2.05) is 0 Å². The summed E-state index contributed by atoms with van der Waals surface area (Å²) < 4.78 is 12.1. The summed E-state index contributed by atoms with van der Waals surface area (Å²) in [5.41, 5.74) is -1.46. The number of anilines is 2. The molecule has 4 aromatic rings. The zero-order chi connectivity index (χ0) is 30.3. The van der Waals surface area contributed by atoms with Crippen LogP contribution in [0.4, 0.5) is 26.1 Å². The van der Waals surface area contributed by atoms with Gasteiger partial charge in [0.2, 0.25) is 5.13 Å². The van der Waals surface area contributed by atoms with Gasteiger partial charge in [0.25, 0.3) is 5.69 Å². The summed E-state index contributed by atoms with van der Waals surface area (Å²) in [5, 5.41) is 33.8. The van der Waals surface area contributed by atoms with Gasteiger partial charge in [-0.2, -0.15) is 9.78 Å². The Morgan fingerprint density at radius 3 is 2.29 bits per heavy atom. The summed E-state index contributed by atoms with van der Waals surface area (Å²) >= 11 is 0.898. The van der Waals surface area contributed by atoms with Crippen LogP contribution in [0, 0.1) is 10.1 Å². The lowest BCUT2D eigenvalue weighted by Crippen LogP contribution is -2.33. The molecule has 0 aliphatic carbocycles. The lowest BCUT2D eigenvalue weighted by atomic mass is 10.1. The number of rotatable bonds is 5. The summed E-state index contributed by atoms with van der Waals surface area (Å²) in [6.45, 7) is 10.3. The first-order chi connectivity index (χ1) is 19.0. The van der Waals surface area contributed by atoms with Crippen molar-refractivity contribution in [1.29, 1.82) is 0 Å². The van der Waals surface area contributed by atoms with Gasteiger partial charge in [-0.25, -0.2) is 19.3 Å². The van der Waals surface area contributed by atoms with E-state index >= 15 is 0 Å². The van der Waals surface area contributed by atoms with Crippen molar-refractivity contribution in [2.75, 3.05) is 4.90 Å². The van der Waals surface area contributed by atoms with E-state index in [0.29, 0.717) is 16.6 Å². The van der Waals surface area contributed by atoms with Crippen LogP contribution in [0.5, 0.6) is 0 Å². The van der Waals surface area contributed by atoms with Crippen LogP contribution in [0.2, 0.25) is 0 Å². The summed E-state index contributed by atoms with van der Waals surface area (Å²) in [6, 6.07) is 8.09. The number of carboxylic acids is 1. The van der Waals surface area contributed by atoms with Crippen LogP contribution in [-0.4, -0.2) is 59.4 Å². The highest BCUT2D eigenvalue weighted by molar-refractivity contribution is 7.18. The average Bonchev–Trinajstić information content (AvgIpc) is 3.49. The van der Waals surface area contributed by atoms with Crippen LogP contribution in [-0.2, 0) is 9.47 Å².